The molecule has 2 aromatic rings. The molecule has 0 spiro atoms. The van der Waals surface area contributed by atoms with E-state index in [-0.39, 0.29) is 18.6 Å². The summed E-state index contributed by atoms with van der Waals surface area (Å²) in [6.07, 6.45) is -0.368. The quantitative estimate of drug-likeness (QED) is 0.0775. The number of fused-ring (bicyclic) bond motifs is 3. The minimum atomic E-state index is -0.417. The molecule has 1 amide bonds. The van der Waals surface area contributed by atoms with Crippen LogP contribution in [0.1, 0.15) is 24.0 Å². The molecule has 0 aromatic heterocycles. The van der Waals surface area contributed by atoms with Crippen LogP contribution in [-0.2, 0) is 47.4 Å². The standard InChI is InChI=1S/C36H51NO11/c1-29(2)35(38)47-27-26-46-25-24-45-23-22-44-21-20-43-19-18-42-17-16-41-15-14-40-13-12-37(3)36(39)48-28-34-32-10-6-4-8-30(32)31-9-5-7-11-33(31)34/h4-11,34H,1,12-28H2,2-3H3. The van der Waals surface area contributed by atoms with Gasteiger partial charge in [-0.15, -0.1) is 0 Å². The van der Waals surface area contributed by atoms with Gasteiger partial charge >= 0.3 is 12.1 Å². The molecule has 0 unspecified atom stereocenters. The summed E-state index contributed by atoms with van der Waals surface area (Å²) in [6, 6.07) is 16.6. The van der Waals surface area contributed by atoms with Crippen LogP contribution in [0.2, 0.25) is 0 Å². The van der Waals surface area contributed by atoms with Crippen LogP contribution < -0.4 is 0 Å². The Labute approximate surface area is 284 Å². The third kappa shape index (κ3) is 14.8. The SMILES string of the molecule is C=C(C)C(=O)OCCOCCOCCOCCOCCOCCOCCOCCN(C)C(=O)OCC1c2ccccc2-c2ccccc21. The average Bonchev–Trinajstić information content (AvgIpc) is 3.42. The lowest BCUT2D eigenvalue weighted by molar-refractivity contribution is -0.140. The Balaban J connectivity index is 1.03. The summed E-state index contributed by atoms with van der Waals surface area (Å²) < 4.78 is 48.9. The van der Waals surface area contributed by atoms with Gasteiger partial charge in [0.2, 0.25) is 0 Å². The van der Waals surface area contributed by atoms with E-state index >= 15 is 0 Å². The highest BCUT2D eigenvalue weighted by atomic mass is 16.6. The van der Waals surface area contributed by atoms with Gasteiger partial charge in [-0.3, -0.25) is 0 Å². The molecule has 0 heterocycles. The zero-order valence-electron chi connectivity index (χ0n) is 28.4. The van der Waals surface area contributed by atoms with Crippen molar-refractivity contribution in [1.82, 2.24) is 4.90 Å². The predicted octanol–water partition coefficient (Wildman–Crippen LogP) is 4.10. The van der Waals surface area contributed by atoms with Gasteiger partial charge in [-0.1, -0.05) is 55.1 Å². The zero-order valence-corrected chi connectivity index (χ0v) is 28.4. The summed E-state index contributed by atoms with van der Waals surface area (Å²) in [6.45, 7) is 12.2. The second kappa shape index (κ2) is 23.9. The molecule has 2 aromatic carbocycles. The Morgan fingerprint density at radius 1 is 0.583 bits per heavy atom. The molecule has 0 saturated heterocycles. The van der Waals surface area contributed by atoms with Gasteiger partial charge in [-0.05, 0) is 29.2 Å². The summed E-state index contributed by atoms with van der Waals surface area (Å²) in [5.41, 5.74) is 5.15. The van der Waals surface area contributed by atoms with Gasteiger partial charge in [0.1, 0.15) is 13.2 Å². The number of carbonyl (C=O) groups excluding carboxylic acids is 2. The van der Waals surface area contributed by atoms with Gasteiger partial charge in [0.05, 0.1) is 92.5 Å². The number of benzene rings is 2. The van der Waals surface area contributed by atoms with Crippen LogP contribution in [0.3, 0.4) is 0 Å². The van der Waals surface area contributed by atoms with Crippen molar-refractivity contribution < 1.29 is 52.2 Å². The lowest BCUT2D eigenvalue weighted by atomic mass is 9.98. The molecule has 0 radical (unpaired) electrons. The fourth-order valence-electron chi connectivity index (χ4n) is 4.74. The first-order valence-corrected chi connectivity index (χ1v) is 16.4. The molecule has 1 aliphatic rings. The van der Waals surface area contributed by atoms with E-state index in [0.717, 1.165) is 0 Å². The summed E-state index contributed by atoms with van der Waals surface area (Å²) >= 11 is 0. The number of rotatable bonds is 27. The highest BCUT2D eigenvalue weighted by Gasteiger charge is 2.29. The molecular formula is C36H51NO11. The molecule has 0 N–H and O–H groups in total. The van der Waals surface area contributed by atoms with Crippen LogP contribution in [-0.4, -0.2) is 136 Å². The van der Waals surface area contributed by atoms with Crippen LogP contribution in [0.15, 0.2) is 60.7 Å². The van der Waals surface area contributed by atoms with Gasteiger partial charge in [-0.25, -0.2) is 9.59 Å². The van der Waals surface area contributed by atoms with Crippen molar-refractivity contribution in [3.05, 3.63) is 71.8 Å². The number of esters is 1. The molecular weight excluding hydrogens is 622 g/mol. The minimum Gasteiger partial charge on any atom is -0.460 e. The van der Waals surface area contributed by atoms with Gasteiger partial charge in [0.25, 0.3) is 0 Å². The van der Waals surface area contributed by atoms with E-state index in [0.29, 0.717) is 111 Å². The maximum Gasteiger partial charge on any atom is 0.409 e. The average molecular weight is 674 g/mol. The van der Waals surface area contributed by atoms with Gasteiger partial charge in [-0.2, -0.15) is 0 Å². The van der Waals surface area contributed by atoms with E-state index < -0.39 is 5.97 Å². The van der Waals surface area contributed by atoms with Crippen molar-refractivity contribution >= 4 is 12.1 Å². The monoisotopic (exact) mass is 673 g/mol. The Morgan fingerprint density at radius 2 is 0.958 bits per heavy atom. The van der Waals surface area contributed by atoms with Gasteiger partial charge in [0, 0.05) is 25.1 Å². The largest absolute Gasteiger partial charge is 0.460 e. The third-order valence-electron chi connectivity index (χ3n) is 7.26. The van der Waals surface area contributed by atoms with Gasteiger partial charge in [0.15, 0.2) is 0 Å². The number of hydrogen-bond acceptors (Lipinski definition) is 11. The number of likely N-dealkylation sites (N-methyl/N-ethyl adjacent to an activating group) is 1. The number of ether oxygens (including phenoxy) is 9. The maximum atomic E-state index is 12.6. The Morgan fingerprint density at radius 3 is 1.38 bits per heavy atom. The van der Waals surface area contributed by atoms with Crippen molar-refractivity contribution in [3.8, 4) is 11.1 Å². The number of nitrogens with zero attached hydrogens (tertiary/aromatic N) is 1. The van der Waals surface area contributed by atoms with Crippen molar-refractivity contribution in [2.45, 2.75) is 12.8 Å². The highest BCUT2D eigenvalue weighted by Crippen LogP contribution is 2.44. The normalized spacial score (nSPS) is 12.0. The topological polar surface area (TPSA) is 120 Å². The van der Waals surface area contributed by atoms with Crippen LogP contribution in [0.4, 0.5) is 4.79 Å². The molecule has 0 bridgehead atoms. The maximum absolute atomic E-state index is 12.6. The van der Waals surface area contributed by atoms with Gasteiger partial charge < -0.3 is 47.5 Å². The second-order valence-corrected chi connectivity index (χ2v) is 10.9. The van der Waals surface area contributed by atoms with E-state index in [9.17, 15) is 9.59 Å². The molecule has 266 valence electrons. The van der Waals surface area contributed by atoms with Crippen molar-refractivity contribution in [1.29, 1.82) is 0 Å². The van der Waals surface area contributed by atoms with Crippen molar-refractivity contribution in [3.63, 3.8) is 0 Å². The molecule has 1 aliphatic carbocycles. The first kappa shape index (κ1) is 39.1. The summed E-state index contributed by atoms with van der Waals surface area (Å²) in [5, 5.41) is 0. The molecule has 0 saturated carbocycles. The molecule has 12 heteroatoms. The van der Waals surface area contributed by atoms with E-state index in [2.05, 4.69) is 30.8 Å². The Bertz CT molecular complexity index is 1180. The summed E-state index contributed by atoms with van der Waals surface area (Å²) in [5.74, 6) is -0.380. The smallest absolute Gasteiger partial charge is 0.409 e. The van der Waals surface area contributed by atoms with Crippen molar-refractivity contribution in [2.75, 3.05) is 119 Å². The van der Waals surface area contributed by atoms with E-state index in [4.69, 9.17) is 42.6 Å². The minimum absolute atomic E-state index is 0.0369. The van der Waals surface area contributed by atoms with Crippen molar-refractivity contribution in [2.24, 2.45) is 0 Å². The highest BCUT2D eigenvalue weighted by molar-refractivity contribution is 5.86. The predicted molar refractivity (Wildman–Crippen MR) is 179 cm³/mol. The molecule has 3 rings (SSSR count). The molecule has 0 fully saturated rings. The van der Waals surface area contributed by atoms with E-state index in [1.165, 1.54) is 27.2 Å². The van der Waals surface area contributed by atoms with Crippen LogP contribution in [0.5, 0.6) is 0 Å². The lowest BCUT2D eigenvalue weighted by Gasteiger charge is -2.19. The van der Waals surface area contributed by atoms with E-state index in [1.807, 2.05) is 24.3 Å². The number of hydrogen-bond donors (Lipinski definition) is 0. The molecule has 0 aliphatic heterocycles. The van der Waals surface area contributed by atoms with Crippen LogP contribution >= 0.6 is 0 Å². The first-order valence-electron chi connectivity index (χ1n) is 16.4. The second-order valence-electron chi connectivity index (χ2n) is 10.9. The number of carbonyl (C=O) groups is 2. The third-order valence-corrected chi connectivity index (χ3v) is 7.26. The Hall–Kier alpha value is -3.36. The fraction of sp³-hybridized carbons (Fsp3) is 0.556. The fourth-order valence-corrected chi connectivity index (χ4v) is 4.74. The number of amides is 1. The van der Waals surface area contributed by atoms with Crippen LogP contribution in [0, 0.1) is 0 Å². The zero-order chi connectivity index (χ0) is 34.2. The lowest BCUT2D eigenvalue weighted by Crippen LogP contribution is -2.32. The molecule has 12 nitrogen and oxygen atoms in total. The molecule has 0 atom stereocenters. The summed E-state index contributed by atoms with van der Waals surface area (Å²) in [7, 11) is 1.71. The van der Waals surface area contributed by atoms with E-state index in [1.54, 1.807) is 14.0 Å². The Kier molecular flexibility index (Phi) is 19.4. The first-order chi connectivity index (χ1) is 23.5. The summed E-state index contributed by atoms with van der Waals surface area (Å²) in [4.78, 5) is 25.3. The van der Waals surface area contributed by atoms with Crippen LogP contribution in [0.25, 0.3) is 11.1 Å². The molecule has 48 heavy (non-hydrogen) atoms.